The third kappa shape index (κ3) is 4.59. The Morgan fingerprint density at radius 1 is 1.00 bits per heavy atom. The predicted octanol–water partition coefficient (Wildman–Crippen LogP) is 1.44. The number of carbonyl (C=O) groups excluding carboxylic acids is 2. The van der Waals surface area contributed by atoms with Gasteiger partial charge in [-0.05, 0) is 29.3 Å². The molecular weight excluding hydrogens is 280 g/mol. The molecule has 0 unspecified atom stereocenters. The van der Waals surface area contributed by atoms with Gasteiger partial charge in [-0.2, -0.15) is 0 Å². The van der Waals surface area contributed by atoms with Crippen LogP contribution in [0.5, 0.6) is 0 Å². The van der Waals surface area contributed by atoms with Gasteiger partial charge in [-0.25, -0.2) is 4.79 Å². The van der Waals surface area contributed by atoms with Gasteiger partial charge in [-0.3, -0.25) is 9.78 Å². The summed E-state index contributed by atoms with van der Waals surface area (Å²) < 4.78 is 0. The number of nitrogens with one attached hydrogen (secondary N) is 3. The maximum Gasteiger partial charge on any atom is 0.315 e. The van der Waals surface area contributed by atoms with Gasteiger partial charge >= 0.3 is 6.03 Å². The van der Waals surface area contributed by atoms with Crippen molar-refractivity contribution < 1.29 is 9.59 Å². The number of nitrogens with zero attached hydrogens (tertiary/aromatic N) is 1. The van der Waals surface area contributed by atoms with E-state index in [1.165, 1.54) is 0 Å². The number of carbonyl (C=O) groups is 2. The molecule has 3 amide bonds. The molecule has 0 saturated carbocycles. The van der Waals surface area contributed by atoms with E-state index in [0.29, 0.717) is 18.7 Å². The van der Waals surface area contributed by atoms with Gasteiger partial charge in [0.05, 0.1) is 0 Å². The van der Waals surface area contributed by atoms with Crippen molar-refractivity contribution in [3.63, 3.8) is 0 Å². The molecule has 22 heavy (non-hydrogen) atoms. The van der Waals surface area contributed by atoms with Gasteiger partial charge in [-0.15, -0.1) is 0 Å². The van der Waals surface area contributed by atoms with Gasteiger partial charge in [0.15, 0.2) is 0 Å². The summed E-state index contributed by atoms with van der Waals surface area (Å²) in [6.07, 6.45) is 3.39. The van der Waals surface area contributed by atoms with Gasteiger partial charge in [-0.1, -0.05) is 18.2 Å². The zero-order chi connectivity index (χ0) is 15.8. The first kappa shape index (κ1) is 15.5. The summed E-state index contributed by atoms with van der Waals surface area (Å²) in [4.78, 5) is 27.1. The van der Waals surface area contributed by atoms with Gasteiger partial charge in [0.2, 0.25) is 0 Å². The molecule has 0 aliphatic rings. The lowest BCUT2D eigenvalue weighted by atomic mass is 10.1. The van der Waals surface area contributed by atoms with Crippen molar-refractivity contribution in [2.45, 2.75) is 13.1 Å². The van der Waals surface area contributed by atoms with Crippen molar-refractivity contribution in [3.8, 4) is 0 Å². The monoisotopic (exact) mass is 298 g/mol. The number of aromatic nitrogens is 1. The first-order chi connectivity index (χ1) is 10.7. The van der Waals surface area contributed by atoms with Gasteiger partial charge in [0, 0.05) is 38.1 Å². The van der Waals surface area contributed by atoms with E-state index in [4.69, 9.17) is 0 Å². The Labute approximate surface area is 129 Å². The Hall–Kier alpha value is -2.89. The van der Waals surface area contributed by atoms with E-state index < -0.39 is 0 Å². The van der Waals surface area contributed by atoms with Crippen LogP contribution in [0.3, 0.4) is 0 Å². The SMILES string of the molecule is CNC(=O)c1ccc(CNC(=O)NCc2cccnc2)cc1. The zero-order valence-electron chi connectivity index (χ0n) is 12.3. The lowest BCUT2D eigenvalue weighted by Gasteiger charge is -2.08. The molecular formula is C16H18N4O2. The van der Waals surface area contributed by atoms with E-state index >= 15 is 0 Å². The lowest BCUT2D eigenvalue weighted by Crippen LogP contribution is -2.34. The highest BCUT2D eigenvalue weighted by molar-refractivity contribution is 5.93. The molecule has 0 fully saturated rings. The van der Waals surface area contributed by atoms with Crippen molar-refractivity contribution in [2.75, 3.05) is 7.05 Å². The number of amides is 3. The topological polar surface area (TPSA) is 83.1 Å². The van der Waals surface area contributed by atoms with Crippen LogP contribution in [0, 0.1) is 0 Å². The van der Waals surface area contributed by atoms with Crippen molar-refractivity contribution in [2.24, 2.45) is 0 Å². The van der Waals surface area contributed by atoms with Gasteiger partial charge in [0.25, 0.3) is 5.91 Å². The van der Waals surface area contributed by atoms with Crippen LogP contribution in [0.2, 0.25) is 0 Å². The van der Waals surface area contributed by atoms with Crippen LogP contribution in [-0.4, -0.2) is 24.0 Å². The molecule has 0 aliphatic heterocycles. The smallest absolute Gasteiger partial charge is 0.315 e. The molecule has 0 aliphatic carbocycles. The average molecular weight is 298 g/mol. The lowest BCUT2D eigenvalue weighted by molar-refractivity contribution is 0.0963. The summed E-state index contributed by atoms with van der Waals surface area (Å²) in [7, 11) is 1.59. The first-order valence-corrected chi connectivity index (χ1v) is 6.90. The van der Waals surface area contributed by atoms with Crippen molar-refractivity contribution in [1.29, 1.82) is 0 Å². The number of hydrogen-bond donors (Lipinski definition) is 3. The van der Waals surface area contributed by atoms with Crippen LogP contribution >= 0.6 is 0 Å². The first-order valence-electron chi connectivity index (χ1n) is 6.90. The fourth-order valence-electron chi connectivity index (χ4n) is 1.85. The number of benzene rings is 1. The molecule has 3 N–H and O–H groups in total. The number of urea groups is 1. The van der Waals surface area contributed by atoms with Gasteiger partial charge in [0.1, 0.15) is 0 Å². The summed E-state index contributed by atoms with van der Waals surface area (Å²) in [5, 5.41) is 8.07. The molecule has 0 radical (unpaired) electrons. The Bertz CT molecular complexity index is 626. The minimum absolute atomic E-state index is 0.131. The Kier molecular flexibility index (Phi) is 5.48. The van der Waals surface area contributed by atoms with E-state index in [-0.39, 0.29) is 11.9 Å². The Balaban J connectivity index is 1.77. The normalized spacial score (nSPS) is 9.86. The van der Waals surface area contributed by atoms with Crippen LogP contribution < -0.4 is 16.0 Å². The second-order valence-corrected chi connectivity index (χ2v) is 4.67. The molecule has 2 aromatic rings. The number of hydrogen-bond acceptors (Lipinski definition) is 3. The maximum absolute atomic E-state index is 11.7. The van der Waals surface area contributed by atoms with E-state index in [2.05, 4.69) is 20.9 Å². The second kappa shape index (κ2) is 7.78. The summed E-state index contributed by atoms with van der Waals surface area (Å²) >= 11 is 0. The third-order valence-corrected chi connectivity index (χ3v) is 3.07. The van der Waals surface area contributed by atoms with Crippen LogP contribution in [0.1, 0.15) is 21.5 Å². The van der Waals surface area contributed by atoms with Crippen molar-refractivity contribution in [3.05, 3.63) is 65.5 Å². The number of pyridine rings is 1. The standard InChI is InChI=1S/C16H18N4O2/c1-17-15(21)14-6-4-12(5-7-14)10-19-16(22)20-11-13-3-2-8-18-9-13/h2-9H,10-11H2,1H3,(H,17,21)(H2,19,20,22). The maximum atomic E-state index is 11.7. The quantitative estimate of drug-likeness (QED) is 0.781. The van der Waals surface area contributed by atoms with E-state index in [0.717, 1.165) is 11.1 Å². The summed E-state index contributed by atoms with van der Waals surface area (Å²) in [5.41, 5.74) is 2.45. The molecule has 0 atom stereocenters. The fraction of sp³-hybridized carbons (Fsp3) is 0.188. The van der Waals surface area contributed by atoms with E-state index in [9.17, 15) is 9.59 Å². The Morgan fingerprint density at radius 3 is 2.27 bits per heavy atom. The average Bonchev–Trinajstić information content (AvgIpc) is 2.58. The van der Waals surface area contributed by atoms with Gasteiger partial charge < -0.3 is 16.0 Å². The molecule has 6 nitrogen and oxygen atoms in total. The molecule has 0 spiro atoms. The highest BCUT2D eigenvalue weighted by atomic mass is 16.2. The molecule has 6 heteroatoms. The summed E-state index contributed by atoms with van der Waals surface area (Å²) in [5.74, 6) is -0.131. The molecule has 1 aromatic heterocycles. The molecule has 0 bridgehead atoms. The summed E-state index contributed by atoms with van der Waals surface area (Å²) in [6, 6.07) is 10.5. The largest absolute Gasteiger partial charge is 0.355 e. The molecule has 1 heterocycles. The molecule has 0 saturated heterocycles. The minimum atomic E-state index is -0.251. The van der Waals surface area contributed by atoms with Crippen LogP contribution in [0.15, 0.2) is 48.8 Å². The highest BCUT2D eigenvalue weighted by Gasteiger charge is 2.04. The van der Waals surface area contributed by atoms with E-state index in [1.54, 1.807) is 31.6 Å². The predicted molar refractivity (Wildman–Crippen MR) is 83.1 cm³/mol. The van der Waals surface area contributed by atoms with Crippen molar-refractivity contribution >= 4 is 11.9 Å². The van der Waals surface area contributed by atoms with E-state index in [1.807, 2.05) is 24.3 Å². The molecule has 114 valence electrons. The number of rotatable bonds is 5. The van der Waals surface area contributed by atoms with Crippen LogP contribution in [0.25, 0.3) is 0 Å². The highest BCUT2D eigenvalue weighted by Crippen LogP contribution is 2.04. The second-order valence-electron chi connectivity index (χ2n) is 4.67. The van der Waals surface area contributed by atoms with Crippen LogP contribution in [-0.2, 0) is 13.1 Å². The summed E-state index contributed by atoms with van der Waals surface area (Å²) in [6.45, 7) is 0.822. The molecule has 2 rings (SSSR count). The molecule has 1 aromatic carbocycles. The van der Waals surface area contributed by atoms with Crippen molar-refractivity contribution in [1.82, 2.24) is 20.9 Å². The zero-order valence-corrected chi connectivity index (χ0v) is 12.3. The fourth-order valence-corrected chi connectivity index (χ4v) is 1.85. The van der Waals surface area contributed by atoms with Crippen LogP contribution in [0.4, 0.5) is 4.79 Å². The minimum Gasteiger partial charge on any atom is -0.355 e. The third-order valence-electron chi connectivity index (χ3n) is 3.07. The Morgan fingerprint density at radius 2 is 1.68 bits per heavy atom.